The molecule has 0 aromatic heterocycles. The fraction of sp³-hybridized carbons (Fsp3) is 0.346. The second-order valence-corrected chi connectivity index (χ2v) is 7.67. The molecule has 2 atom stereocenters. The summed E-state index contributed by atoms with van der Waals surface area (Å²) in [6.07, 6.45) is 1.27. The summed E-state index contributed by atoms with van der Waals surface area (Å²) >= 11 is 0. The molecule has 0 amide bonds. The van der Waals surface area contributed by atoms with E-state index in [9.17, 15) is 14.4 Å². The SMILES string of the molecule is CCOC(=O)C1(C(Nc2ccc(OC)cc2)C(=C=O)OCc2ccccc2)CCCC1=C=O. The number of methoxy groups -OCH3 is 1. The molecular weight excluding hydrogens is 422 g/mol. The second-order valence-electron chi connectivity index (χ2n) is 7.67. The van der Waals surface area contributed by atoms with Gasteiger partial charge in [0, 0.05) is 11.3 Å². The van der Waals surface area contributed by atoms with Gasteiger partial charge in [0.05, 0.1) is 13.7 Å². The third-order valence-electron chi connectivity index (χ3n) is 5.79. The molecule has 1 N–H and O–H groups in total. The minimum atomic E-state index is -1.43. The number of benzene rings is 2. The van der Waals surface area contributed by atoms with Crippen molar-refractivity contribution in [3.05, 3.63) is 71.5 Å². The van der Waals surface area contributed by atoms with E-state index in [0.29, 0.717) is 30.7 Å². The van der Waals surface area contributed by atoms with Gasteiger partial charge in [-0.3, -0.25) is 4.79 Å². The topological polar surface area (TPSA) is 90.9 Å². The van der Waals surface area contributed by atoms with Gasteiger partial charge in [-0.05, 0) is 56.0 Å². The summed E-state index contributed by atoms with van der Waals surface area (Å²) < 4.78 is 16.5. The Morgan fingerprint density at radius 2 is 1.82 bits per heavy atom. The molecule has 0 aliphatic heterocycles. The van der Waals surface area contributed by atoms with Crippen LogP contribution in [0.3, 0.4) is 0 Å². The van der Waals surface area contributed by atoms with Gasteiger partial charge in [-0.25, -0.2) is 9.59 Å². The Hall–Kier alpha value is -3.79. The Labute approximate surface area is 193 Å². The molecule has 2 aromatic carbocycles. The van der Waals surface area contributed by atoms with Crippen molar-refractivity contribution in [2.45, 2.75) is 38.8 Å². The molecule has 0 bridgehead atoms. The molecule has 7 nitrogen and oxygen atoms in total. The lowest BCUT2D eigenvalue weighted by Crippen LogP contribution is -2.49. The summed E-state index contributed by atoms with van der Waals surface area (Å²) in [5, 5.41) is 3.22. The number of ether oxygens (including phenoxy) is 3. The molecule has 2 unspecified atom stereocenters. The number of carbonyl (C=O) groups is 1. The zero-order chi connectivity index (χ0) is 23.7. The minimum absolute atomic E-state index is 0.102. The average molecular weight is 450 g/mol. The zero-order valence-electron chi connectivity index (χ0n) is 18.8. The Bertz CT molecular complexity index is 1050. The van der Waals surface area contributed by atoms with Crippen LogP contribution in [0, 0.1) is 5.41 Å². The highest BCUT2D eigenvalue weighted by atomic mass is 16.5. The standard InChI is InChI=1S/C26H27NO6/c1-3-32-25(30)26(15-7-10-20(26)16-28)24(27-21-11-13-22(31-2)14-12-21)23(17-29)33-18-19-8-5-4-6-9-19/h4-6,8-9,11-14,24,27H,3,7,10,15,18H2,1-2H3. The van der Waals surface area contributed by atoms with Crippen molar-refractivity contribution in [3.8, 4) is 5.75 Å². The highest BCUT2D eigenvalue weighted by Gasteiger charge is 2.56. The molecule has 172 valence electrons. The first-order valence-electron chi connectivity index (χ1n) is 10.8. The largest absolute Gasteiger partial charge is 0.497 e. The molecule has 3 rings (SSSR count). The molecule has 2 aromatic rings. The van der Waals surface area contributed by atoms with E-state index in [1.165, 1.54) is 0 Å². The number of carbonyl (C=O) groups excluding carboxylic acids is 3. The van der Waals surface area contributed by atoms with Gasteiger partial charge in [0.15, 0.2) is 5.94 Å². The zero-order valence-corrected chi connectivity index (χ0v) is 18.8. The van der Waals surface area contributed by atoms with Crippen LogP contribution in [0.25, 0.3) is 0 Å². The lowest BCUT2D eigenvalue weighted by molar-refractivity contribution is -0.153. The van der Waals surface area contributed by atoms with E-state index in [0.717, 1.165) is 5.56 Å². The van der Waals surface area contributed by atoms with Gasteiger partial charge in [0.1, 0.15) is 29.8 Å². The van der Waals surface area contributed by atoms with Gasteiger partial charge in [-0.1, -0.05) is 30.3 Å². The summed E-state index contributed by atoms with van der Waals surface area (Å²) in [7, 11) is 1.56. The number of hydrogen-bond acceptors (Lipinski definition) is 7. The molecule has 0 spiro atoms. The Kier molecular flexibility index (Phi) is 8.09. The maximum absolute atomic E-state index is 13.3. The molecule has 0 radical (unpaired) electrons. The predicted molar refractivity (Wildman–Crippen MR) is 123 cm³/mol. The van der Waals surface area contributed by atoms with Crippen molar-refractivity contribution in [1.82, 2.24) is 0 Å². The first kappa shape index (κ1) is 23.9. The first-order valence-corrected chi connectivity index (χ1v) is 10.8. The highest BCUT2D eigenvalue weighted by Crippen LogP contribution is 2.48. The number of rotatable bonds is 10. The monoisotopic (exact) mass is 449 g/mol. The summed E-state index contributed by atoms with van der Waals surface area (Å²) in [5.41, 5.74) is 0.276. The van der Waals surface area contributed by atoms with Crippen LogP contribution in [0.5, 0.6) is 5.75 Å². The Morgan fingerprint density at radius 1 is 1.09 bits per heavy atom. The van der Waals surface area contributed by atoms with E-state index in [4.69, 9.17) is 14.2 Å². The minimum Gasteiger partial charge on any atom is -0.497 e. The smallest absolute Gasteiger partial charge is 0.319 e. The van der Waals surface area contributed by atoms with Crippen LogP contribution in [0.4, 0.5) is 5.69 Å². The lowest BCUT2D eigenvalue weighted by atomic mass is 9.74. The maximum atomic E-state index is 13.3. The van der Waals surface area contributed by atoms with Crippen molar-refractivity contribution in [2.75, 3.05) is 19.0 Å². The first-order chi connectivity index (χ1) is 16.1. The van der Waals surface area contributed by atoms with Crippen molar-refractivity contribution >= 4 is 23.5 Å². The van der Waals surface area contributed by atoms with E-state index >= 15 is 0 Å². The normalized spacial score (nSPS) is 17.9. The number of esters is 1. The van der Waals surface area contributed by atoms with Gasteiger partial charge < -0.3 is 19.5 Å². The third kappa shape index (κ3) is 5.17. The third-order valence-corrected chi connectivity index (χ3v) is 5.79. The van der Waals surface area contributed by atoms with E-state index in [-0.39, 0.29) is 24.5 Å². The molecule has 0 heterocycles. The van der Waals surface area contributed by atoms with Crippen LogP contribution in [0.2, 0.25) is 0 Å². The van der Waals surface area contributed by atoms with Crippen LogP contribution >= 0.6 is 0 Å². The van der Waals surface area contributed by atoms with E-state index < -0.39 is 17.4 Å². The van der Waals surface area contributed by atoms with E-state index in [1.54, 1.807) is 38.3 Å². The van der Waals surface area contributed by atoms with Crippen molar-refractivity contribution < 1.29 is 28.6 Å². The summed E-state index contributed by atoms with van der Waals surface area (Å²) in [6.45, 7) is 1.93. The molecule has 1 aliphatic carbocycles. The molecule has 0 saturated heterocycles. The van der Waals surface area contributed by atoms with E-state index in [1.807, 2.05) is 42.2 Å². The number of anilines is 1. The average Bonchev–Trinajstić information content (AvgIpc) is 3.30. The van der Waals surface area contributed by atoms with Gasteiger partial charge >= 0.3 is 5.97 Å². The van der Waals surface area contributed by atoms with Crippen molar-refractivity contribution in [1.29, 1.82) is 0 Å². The molecule has 1 aliphatic rings. The quantitative estimate of drug-likeness (QED) is 0.334. The van der Waals surface area contributed by atoms with Crippen molar-refractivity contribution in [2.24, 2.45) is 5.41 Å². The fourth-order valence-electron chi connectivity index (χ4n) is 4.16. The van der Waals surface area contributed by atoms with Crippen LogP contribution < -0.4 is 10.1 Å². The van der Waals surface area contributed by atoms with Gasteiger partial charge in [-0.2, -0.15) is 0 Å². The summed E-state index contributed by atoms with van der Waals surface area (Å²) in [5.74, 6) is 3.75. The van der Waals surface area contributed by atoms with Gasteiger partial charge in [0.2, 0.25) is 5.76 Å². The maximum Gasteiger partial charge on any atom is 0.319 e. The van der Waals surface area contributed by atoms with Crippen LogP contribution in [-0.2, 0) is 30.5 Å². The fourth-order valence-corrected chi connectivity index (χ4v) is 4.16. The number of nitrogens with one attached hydrogen (secondary N) is 1. The van der Waals surface area contributed by atoms with Gasteiger partial charge in [-0.15, -0.1) is 0 Å². The van der Waals surface area contributed by atoms with Crippen LogP contribution in [0.15, 0.2) is 65.9 Å². The summed E-state index contributed by atoms with van der Waals surface area (Å²) in [6, 6.07) is 15.3. The predicted octanol–water partition coefficient (Wildman–Crippen LogP) is 3.90. The molecule has 33 heavy (non-hydrogen) atoms. The van der Waals surface area contributed by atoms with Gasteiger partial charge in [0.25, 0.3) is 0 Å². The van der Waals surface area contributed by atoms with E-state index in [2.05, 4.69) is 5.32 Å². The molecule has 1 saturated carbocycles. The number of hydrogen-bond donors (Lipinski definition) is 1. The lowest BCUT2D eigenvalue weighted by Gasteiger charge is -2.36. The van der Waals surface area contributed by atoms with Crippen molar-refractivity contribution in [3.63, 3.8) is 0 Å². The second kappa shape index (κ2) is 11.2. The Balaban J connectivity index is 2.04. The summed E-state index contributed by atoms with van der Waals surface area (Å²) in [4.78, 5) is 37.3. The molecule has 1 fully saturated rings. The van der Waals surface area contributed by atoms with Crippen LogP contribution in [0.1, 0.15) is 31.7 Å². The van der Waals surface area contributed by atoms with Crippen LogP contribution in [-0.4, -0.2) is 37.6 Å². The molecule has 7 heteroatoms. The Morgan fingerprint density at radius 3 is 2.42 bits per heavy atom. The molecular formula is C26H27NO6. The highest BCUT2D eigenvalue weighted by molar-refractivity contribution is 5.88.